The fraction of sp³-hybridized carbons (Fsp3) is 0.208. The molecule has 0 saturated carbocycles. The average Bonchev–Trinajstić information content (AvgIpc) is 3.31. The highest BCUT2D eigenvalue weighted by Crippen LogP contribution is 2.27. The lowest BCUT2D eigenvalue weighted by atomic mass is 10.2. The van der Waals surface area contributed by atoms with Crippen LogP contribution in [0, 0.1) is 0 Å². The lowest BCUT2D eigenvalue weighted by Gasteiger charge is -2.10. The Morgan fingerprint density at radius 2 is 1.74 bits per heavy atom. The van der Waals surface area contributed by atoms with Gasteiger partial charge in [0.15, 0.2) is 0 Å². The van der Waals surface area contributed by atoms with Crippen molar-refractivity contribution in [1.82, 2.24) is 14.7 Å². The number of ether oxygens (including phenoxy) is 3. The molecule has 0 radical (unpaired) electrons. The molecule has 0 saturated heterocycles. The first kappa shape index (κ1) is 24.0. The standard InChI is InChI=1S/C24H20F3N3O5/c1-32-11-12-33-20-4-2-3-16(13-20)14-30-15-18(7-10-21(30)31)22-28-23(35-29-22)17-5-8-19(9-6-17)34-24(25,26)27/h2-10,13,15H,11-12,14H2,1H3. The van der Waals surface area contributed by atoms with E-state index in [0.717, 1.165) is 17.7 Å². The molecule has 0 spiro atoms. The zero-order valence-corrected chi connectivity index (χ0v) is 18.5. The van der Waals surface area contributed by atoms with E-state index in [1.165, 1.54) is 22.8 Å². The molecule has 0 amide bonds. The van der Waals surface area contributed by atoms with Crippen molar-refractivity contribution in [2.45, 2.75) is 12.9 Å². The molecule has 0 N–H and O–H groups in total. The van der Waals surface area contributed by atoms with Crippen molar-refractivity contribution in [3.63, 3.8) is 0 Å². The summed E-state index contributed by atoms with van der Waals surface area (Å²) in [6, 6.07) is 15.4. The van der Waals surface area contributed by atoms with Crippen molar-refractivity contribution < 1.29 is 31.9 Å². The molecule has 8 nitrogen and oxygen atoms in total. The van der Waals surface area contributed by atoms with E-state index in [9.17, 15) is 18.0 Å². The van der Waals surface area contributed by atoms with Crippen LogP contribution in [0.2, 0.25) is 0 Å². The summed E-state index contributed by atoms with van der Waals surface area (Å²) in [6.45, 7) is 1.16. The first-order valence-corrected chi connectivity index (χ1v) is 10.4. The first-order chi connectivity index (χ1) is 16.8. The van der Waals surface area contributed by atoms with E-state index >= 15 is 0 Å². The molecule has 11 heteroatoms. The minimum Gasteiger partial charge on any atom is -0.491 e. The number of pyridine rings is 1. The summed E-state index contributed by atoms with van der Waals surface area (Å²) in [5.74, 6) is 0.637. The fourth-order valence-corrected chi connectivity index (χ4v) is 3.22. The second kappa shape index (κ2) is 10.4. The van der Waals surface area contributed by atoms with E-state index in [1.807, 2.05) is 24.3 Å². The molecule has 35 heavy (non-hydrogen) atoms. The van der Waals surface area contributed by atoms with E-state index in [-0.39, 0.29) is 23.0 Å². The lowest BCUT2D eigenvalue weighted by Crippen LogP contribution is -2.19. The Bertz CT molecular complexity index is 1330. The summed E-state index contributed by atoms with van der Waals surface area (Å²) >= 11 is 0. The highest BCUT2D eigenvalue weighted by molar-refractivity contribution is 5.59. The summed E-state index contributed by atoms with van der Waals surface area (Å²) in [5, 5.41) is 3.93. The number of aromatic nitrogens is 3. The van der Waals surface area contributed by atoms with E-state index in [2.05, 4.69) is 14.9 Å². The molecule has 4 aromatic rings. The van der Waals surface area contributed by atoms with E-state index in [1.54, 1.807) is 19.4 Å². The fourth-order valence-electron chi connectivity index (χ4n) is 3.22. The monoisotopic (exact) mass is 487 g/mol. The van der Waals surface area contributed by atoms with Gasteiger partial charge in [-0.05, 0) is 48.0 Å². The second-order valence-corrected chi connectivity index (χ2v) is 7.37. The van der Waals surface area contributed by atoms with Gasteiger partial charge in [-0.15, -0.1) is 13.2 Å². The minimum atomic E-state index is -4.78. The third-order valence-corrected chi connectivity index (χ3v) is 4.81. The van der Waals surface area contributed by atoms with E-state index in [4.69, 9.17) is 14.0 Å². The molecule has 0 aliphatic carbocycles. The van der Waals surface area contributed by atoms with Crippen LogP contribution in [-0.4, -0.2) is 41.4 Å². The van der Waals surface area contributed by atoms with Crippen LogP contribution in [0.1, 0.15) is 5.56 Å². The van der Waals surface area contributed by atoms with Crippen molar-refractivity contribution in [3.05, 3.63) is 82.8 Å². The molecule has 0 unspecified atom stereocenters. The predicted octanol–water partition coefficient (Wildman–Crippen LogP) is 4.54. The smallest absolute Gasteiger partial charge is 0.491 e. The minimum absolute atomic E-state index is 0.109. The topological polar surface area (TPSA) is 88.6 Å². The third-order valence-electron chi connectivity index (χ3n) is 4.81. The van der Waals surface area contributed by atoms with Gasteiger partial charge in [-0.2, -0.15) is 4.98 Å². The lowest BCUT2D eigenvalue weighted by molar-refractivity contribution is -0.274. The van der Waals surface area contributed by atoms with Crippen molar-refractivity contribution in [2.75, 3.05) is 20.3 Å². The van der Waals surface area contributed by atoms with Gasteiger partial charge in [0.25, 0.3) is 11.4 Å². The number of rotatable bonds is 9. The zero-order valence-electron chi connectivity index (χ0n) is 18.5. The van der Waals surface area contributed by atoms with Crippen LogP contribution in [0.25, 0.3) is 22.8 Å². The molecule has 2 aromatic carbocycles. The number of hydrogen-bond donors (Lipinski definition) is 0. The van der Waals surface area contributed by atoms with Crippen LogP contribution in [0.5, 0.6) is 11.5 Å². The summed E-state index contributed by atoms with van der Waals surface area (Å²) in [5.41, 5.74) is 1.58. The summed E-state index contributed by atoms with van der Waals surface area (Å²) in [6.07, 6.45) is -3.17. The Morgan fingerprint density at radius 1 is 0.971 bits per heavy atom. The SMILES string of the molecule is COCCOc1cccc(Cn2cc(-c3noc(-c4ccc(OC(F)(F)F)cc4)n3)ccc2=O)c1. The highest BCUT2D eigenvalue weighted by atomic mass is 19.4. The van der Waals surface area contributed by atoms with E-state index in [0.29, 0.717) is 36.6 Å². The number of alkyl halides is 3. The highest BCUT2D eigenvalue weighted by Gasteiger charge is 2.31. The molecule has 0 aliphatic rings. The second-order valence-electron chi connectivity index (χ2n) is 7.37. The average molecular weight is 487 g/mol. The Kier molecular flexibility index (Phi) is 7.16. The third kappa shape index (κ3) is 6.48. The first-order valence-electron chi connectivity index (χ1n) is 10.4. The van der Waals surface area contributed by atoms with Gasteiger partial charge in [0, 0.05) is 30.5 Å². The van der Waals surface area contributed by atoms with Gasteiger partial charge < -0.3 is 23.3 Å². The number of benzene rings is 2. The van der Waals surface area contributed by atoms with Crippen molar-refractivity contribution in [1.29, 1.82) is 0 Å². The molecule has 0 atom stereocenters. The van der Waals surface area contributed by atoms with Gasteiger partial charge in [-0.25, -0.2) is 0 Å². The van der Waals surface area contributed by atoms with Crippen LogP contribution < -0.4 is 15.0 Å². The molecule has 2 aromatic heterocycles. The Morgan fingerprint density at radius 3 is 2.49 bits per heavy atom. The van der Waals surface area contributed by atoms with Gasteiger partial charge in [-0.1, -0.05) is 17.3 Å². The molecule has 0 fully saturated rings. The number of methoxy groups -OCH3 is 1. The maximum atomic E-state index is 12.4. The van der Waals surface area contributed by atoms with Gasteiger partial charge in [0.05, 0.1) is 13.2 Å². The van der Waals surface area contributed by atoms with Gasteiger partial charge in [0.1, 0.15) is 18.1 Å². The quantitative estimate of drug-likeness (QED) is 0.320. The van der Waals surface area contributed by atoms with Crippen LogP contribution in [0.4, 0.5) is 13.2 Å². The van der Waals surface area contributed by atoms with Crippen LogP contribution >= 0.6 is 0 Å². The van der Waals surface area contributed by atoms with Crippen LogP contribution in [0.15, 0.2) is 76.2 Å². The number of nitrogens with zero attached hydrogens (tertiary/aromatic N) is 3. The van der Waals surface area contributed by atoms with Crippen molar-refractivity contribution >= 4 is 0 Å². The van der Waals surface area contributed by atoms with Crippen LogP contribution in [0.3, 0.4) is 0 Å². The predicted molar refractivity (Wildman–Crippen MR) is 119 cm³/mol. The maximum absolute atomic E-state index is 12.4. The molecule has 182 valence electrons. The Hall–Kier alpha value is -4.12. The Balaban J connectivity index is 1.51. The molecule has 0 bridgehead atoms. The normalized spacial score (nSPS) is 11.4. The van der Waals surface area contributed by atoms with Gasteiger partial charge in [0.2, 0.25) is 5.82 Å². The molecule has 0 aliphatic heterocycles. The van der Waals surface area contributed by atoms with E-state index < -0.39 is 6.36 Å². The molecule has 4 rings (SSSR count). The summed E-state index contributed by atoms with van der Waals surface area (Å²) in [7, 11) is 1.59. The molecule has 2 heterocycles. The van der Waals surface area contributed by atoms with Crippen LogP contribution in [-0.2, 0) is 11.3 Å². The zero-order chi connectivity index (χ0) is 24.8. The Labute approximate surface area is 197 Å². The maximum Gasteiger partial charge on any atom is 0.573 e. The number of hydrogen-bond acceptors (Lipinski definition) is 7. The molecular formula is C24H20F3N3O5. The van der Waals surface area contributed by atoms with Gasteiger partial charge >= 0.3 is 6.36 Å². The summed E-state index contributed by atoms with van der Waals surface area (Å²) < 4.78 is 58.2. The van der Waals surface area contributed by atoms with Gasteiger partial charge in [-0.3, -0.25) is 4.79 Å². The van der Waals surface area contributed by atoms with Crippen molar-refractivity contribution in [2.24, 2.45) is 0 Å². The number of halogens is 3. The largest absolute Gasteiger partial charge is 0.573 e. The molecular weight excluding hydrogens is 467 g/mol. The summed E-state index contributed by atoms with van der Waals surface area (Å²) in [4.78, 5) is 16.7. The van der Waals surface area contributed by atoms with Crippen molar-refractivity contribution in [3.8, 4) is 34.3 Å².